The number of nitrogen functional groups attached to an aromatic ring is 1. The Morgan fingerprint density at radius 3 is 2.43 bits per heavy atom. The van der Waals surface area contributed by atoms with Crippen LogP contribution in [0, 0.1) is 17.5 Å². The number of benzene rings is 3. The van der Waals surface area contributed by atoms with Gasteiger partial charge in [-0.2, -0.15) is 0 Å². The summed E-state index contributed by atoms with van der Waals surface area (Å²) in [5, 5.41) is 3.06. The average Bonchev–Trinajstić information content (AvgIpc) is 3.58. The predicted molar refractivity (Wildman–Crippen MR) is 163 cm³/mol. The fourth-order valence-electron chi connectivity index (χ4n) is 5.07. The highest BCUT2D eigenvalue weighted by Crippen LogP contribution is 2.42. The summed E-state index contributed by atoms with van der Waals surface area (Å²) in [4.78, 5) is 21.0. The van der Waals surface area contributed by atoms with Crippen molar-refractivity contribution >= 4 is 49.2 Å². The molecule has 3 aromatic carbocycles. The Labute approximate surface area is 249 Å². The smallest absolute Gasteiger partial charge is 0.255 e. The first-order valence-corrected chi connectivity index (χ1v) is 15.0. The molecule has 0 saturated carbocycles. The number of hydrogen-bond donors (Lipinski definition) is 3. The third-order valence-electron chi connectivity index (χ3n) is 7.34. The van der Waals surface area contributed by atoms with E-state index >= 15 is 0 Å². The summed E-state index contributed by atoms with van der Waals surface area (Å²) in [6.45, 7) is 0. The van der Waals surface area contributed by atoms with Crippen molar-refractivity contribution in [1.82, 2.24) is 15.3 Å². The maximum absolute atomic E-state index is 14.9. The van der Waals surface area contributed by atoms with Gasteiger partial charge in [-0.25, -0.2) is 26.6 Å². The number of hydrogen-bond acceptors (Lipinski definition) is 6. The zero-order valence-electron chi connectivity index (χ0n) is 23.5. The van der Waals surface area contributed by atoms with Crippen LogP contribution in [-0.2, 0) is 10.0 Å². The fraction of sp³-hybridized carbons (Fsp3) is 0.0968. The predicted octanol–water partition coefficient (Wildman–Crippen LogP) is 6.07. The van der Waals surface area contributed by atoms with Crippen molar-refractivity contribution in [3.63, 3.8) is 0 Å². The SMILES string of the molecule is CNC(=O)c1c(-c2ccc(F)cc2F)oc2cc(N(C)S(C)(=O)=O)c(-c3ccc(N)c(-c4cc5c(F)cccc5[nH]4)n3)cc12. The van der Waals surface area contributed by atoms with Gasteiger partial charge in [0, 0.05) is 48.1 Å². The Morgan fingerprint density at radius 2 is 1.75 bits per heavy atom. The number of rotatable bonds is 6. The molecule has 6 rings (SSSR count). The van der Waals surface area contributed by atoms with Crippen LogP contribution in [0.5, 0.6) is 0 Å². The molecule has 0 spiro atoms. The molecule has 3 heterocycles. The van der Waals surface area contributed by atoms with Crippen molar-refractivity contribution in [2.45, 2.75) is 0 Å². The van der Waals surface area contributed by atoms with Crippen molar-refractivity contribution in [1.29, 1.82) is 0 Å². The highest BCUT2D eigenvalue weighted by atomic mass is 32.2. The van der Waals surface area contributed by atoms with E-state index in [-0.39, 0.29) is 56.2 Å². The number of furan rings is 1. The van der Waals surface area contributed by atoms with Crippen molar-refractivity contribution in [2.24, 2.45) is 0 Å². The minimum absolute atomic E-state index is 0.0513. The maximum Gasteiger partial charge on any atom is 0.255 e. The van der Waals surface area contributed by atoms with Crippen LogP contribution >= 0.6 is 0 Å². The summed E-state index contributed by atoms with van der Waals surface area (Å²) in [6, 6.07) is 15.1. The number of H-pyrrole nitrogens is 1. The molecule has 224 valence electrons. The van der Waals surface area contributed by atoms with Gasteiger partial charge in [0.1, 0.15) is 28.7 Å². The first-order valence-electron chi connectivity index (χ1n) is 13.1. The number of nitrogens with zero attached hydrogens (tertiary/aromatic N) is 2. The Morgan fingerprint density at radius 1 is 0.977 bits per heavy atom. The molecule has 0 aliphatic rings. The van der Waals surface area contributed by atoms with Crippen molar-refractivity contribution < 1.29 is 30.8 Å². The van der Waals surface area contributed by atoms with Crippen molar-refractivity contribution in [3.8, 4) is 34.0 Å². The highest BCUT2D eigenvalue weighted by molar-refractivity contribution is 7.92. The lowest BCUT2D eigenvalue weighted by Gasteiger charge is -2.20. The van der Waals surface area contributed by atoms with Gasteiger partial charge in [0.15, 0.2) is 5.76 Å². The van der Waals surface area contributed by atoms with Crippen molar-refractivity contribution in [3.05, 3.63) is 89.7 Å². The lowest BCUT2D eigenvalue weighted by molar-refractivity contribution is 0.0964. The molecule has 0 saturated heterocycles. The molecule has 6 aromatic rings. The van der Waals surface area contributed by atoms with Crippen LogP contribution in [0.15, 0.2) is 71.1 Å². The molecule has 9 nitrogen and oxygen atoms in total. The number of anilines is 2. The normalized spacial score (nSPS) is 11.8. The number of aromatic amines is 1. The van der Waals surface area contributed by atoms with Gasteiger partial charge in [-0.3, -0.25) is 9.10 Å². The Hall–Kier alpha value is -5.30. The van der Waals surface area contributed by atoms with Crippen LogP contribution in [0.3, 0.4) is 0 Å². The fourth-order valence-corrected chi connectivity index (χ4v) is 5.58. The second-order valence-electron chi connectivity index (χ2n) is 10.1. The minimum atomic E-state index is -3.83. The number of nitrogens with two attached hydrogens (primary N) is 1. The number of halogens is 3. The number of amides is 1. The van der Waals surface area contributed by atoms with Gasteiger partial charge in [-0.15, -0.1) is 0 Å². The van der Waals surface area contributed by atoms with Crippen LogP contribution in [0.2, 0.25) is 0 Å². The quantitative estimate of drug-likeness (QED) is 0.207. The van der Waals surface area contributed by atoms with E-state index in [0.29, 0.717) is 22.7 Å². The minimum Gasteiger partial charge on any atom is -0.455 e. The van der Waals surface area contributed by atoms with E-state index in [1.807, 2.05) is 0 Å². The highest BCUT2D eigenvalue weighted by Gasteiger charge is 2.28. The van der Waals surface area contributed by atoms with Crippen LogP contribution in [0.4, 0.5) is 24.5 Å². The summed E-state index contributed by atoms with van der Waals surface area (Å²) < 4.78 is 75.4. The van der Waals surface area contributed by atoms with Crippen LogP contribution in [0.1, 0.15) is 10.4 Å². The Kier molecular flexibility index (Phi) is 6.84. The van der Waals surface area contributed by atoms with E-state index in [4.69, 9.17) is 15.1 Å². The molecule has 0 unspecified atom stereocenters. The molecule has 0 aliphatic carbocycles. The van der Waals surface area contributed by atoms with Gasteiger partial charge in [0.2, 0.25) is 10.0 Å². The van der Waals surface area contributed by atoms with E-state index in [9.17, 15) is 26.4 Å². The zero-order chi connectivity index (χ0) is 31.5. The number of fused-ring (bicyclic) bond motifs is 2. The van der Waals surface area contributed by atoms with Crippen molar-refractivity contribution in [2.75, 3.05) is 30.4 Å². The molecule has 44 heavy (non-hydrogen) atoms. The molecule has 0 aliphatic heterocycles. The van der Waals surface area contributed by atoms with E-state index in [1.54, 1.807) is 30.3 Å². The Bertz CT molecular complexity index is 2240. The van der Waals surface area contributed by atoms with Gasteiger partial charge >= 0.3 is 0 Å². The summed E-state index contributed by atoms with van der Waals surface area (Å²) in [5.41, 5.74) is 8.29. The van der Waals surface area contributed by atoms with E-state index in [0.717, 1.165) is 22.7 Å². The number of carbonyl (C=O) groups excluding carboxylic acids is 1. The number of pyridine rings is 1. The van der Waals surface area contributed by atoms with Gasteiger partial charge in [0.05, 0.1) is 40.1 Å². The maximum atomic E-state index is 14.9. The third kappa shape index (κ3) is 4.80. The number of aromatic nitrogens is 2. The largest absolute Gasteiger partial charge is 0.455 e. The lowest BCUT2D eigenvalue weighted by atomic mass is 10.00. The van der Waals surface area contributed by atoms with Crippen LogP contribution in [0.25, 0.3) is 55.8 Å². The van der Waals surface area contributed by atoms with Crippen LogP contribution < -0.4 is 15.4 Å². The molecule has 0 fully saturated rings. The topological polar surface area (TPSA) is 134 Å². The second kappa shape index (κ2) is 10.5. The first-order chi connectivity index (χ1) is 20.9. The molecule has 13 heteroatoms. The summed E-state index contributed by atoms with van der Waals surface area (Å²) in [6.07, 6.45) is 1.01. The molecule has 0 radical (unpaired) electrons. The molecule has 1 amide bonds. The van der Waals surface area contributed by atoms with Crippen LogP contribution in [-0.4, -0.2) is 44.6 Å². The zero-order valence-corrected chi connectivity index (χ0v) is 24.3. The lowest BCUT2D eigenvalue weighted by Crippen LogP contribution is -2.25. The first kappa shape index (κ1) is 28.8. The van der Waals surface area contributed by atoms with E-state index in [2.05, 4.69) is 10.3 Å². The average molecular weight is 620 g/mol. The van der Waals surface area contributed by atoms with Gasteiger partial charge in [0.25, 0.3) is 5.91 Å². The molecule has 4 N–H and O–H groups in total. The second-order valence-corrected chi connectivity index (χ2v) is 12.1. The van der Waals surface area contributed by atoms with Gasteiger partial charge in [-0.1, -0.05) is 6.07 Å². The molecule has 0 atom stereocenters. The van der Waals surface area contributed by atoms with Gasteiger partial charge < -0.3 is 20.5 Å². The van der Waals surface area contributed by atoms with E-state index < -0.39 is 33.4 Å². The number of nitrogens with one attached hydrogen (secondary N) is 2. The molecule has 3 aromatic heterocycles. The summed E-state index contributed by atoms with van der Waals surface area (Å²) in [7, 11) is -1.11. The van der Waals surface area contributed by atoms with E-state index in [1.165, 1.54) is 32.3 Å². The number of carbonyl (C=O) groups is 1. The molecular weight excluding hydrogens is 595 g/mol. The summed E-state index contributed by atoms with van der Waals surface area (Å²) >= 11 is 0. The Balaban J connectivity index is 1.64. The monoisotopic (exact) mass is 619 g/mol. The third-order valence-corrected chi connectivity index (χ3v) is 8.53. The number of sulfonamides is 1. The van der Waals surface area contributed by atoms with Gasteiger partial charge in [-0.05, 0) is 48.5 Å². The summed E-state index contributed by atoms with van der Waals surface area (Å²) in [5.74, 6) is -3.00. The standard InChI is InChI=1S/C31H24F3N5O4S/c1-36-31(40)28-19-12-18(24-10-9-22(35)29(38-24)25-13-17-20(33)5-4-6-23(17)37-25)26(39(2)44(3,41)42)14-27(19)43-30(28)16-8-7-15(32)11-21(16)34/h4-14,37H,35H2,1-3H3,(H,36,40). The molecule has 0 bridgehead atoms. The molecular formula is C31H24F3N5O4S.